The van der Waals surface area contributed by atoms with E-state index in [1.54, 1.807) is 11.8 Å². The molecule has 1 aromatic carbocycles. The smallest absolute Gasteiger partial charge is 0.226 e. The second-order valence-electron chi connectivity index (χ2n) is 5.48. The van der Waals surface area contributed by atoms with Crippen LogP contribution in [-0.4, -0.2) is 41.2 Å². The van der Waals surface area contributed by atoms with Gasteiger partial charge in [-0.3, -0.25) is 4.79 Å². The number of carbonyl (C=O) groups excluding carboxylic acids is 1. The molecule has 104 valence electrons. The lowest BCUT2D eigenvalue weighted by Gasteiger charge is -2.19. The lowest BCUT2D eigenvalue weighted by atomic mass is 10.1. The maximum Gasteiger partial charge on any atom is 0.226 e. The number of β-amino-alcohol motifs (C(OH)–C–C–N with tert-alkyl or cyclic N) is 1. The maximum atomic E-state index is 11.9. The summed E-state index contributed by atoms with van der Waals surface area (Å²) >= 11 is 0. The largest absolute Gasteiger partial charge is 0.493 e. The molecule has 0 bridgehead atoms. The molecule has 4 heteroatoms. The van der Waals surface area contributed by atoms with Crippen LogP contribution in [0.25, 0.3) is 0 Å². The van der Waals surface area contributed by atoms with Crippen LogP contribution in [-0.2, 0) is 4.79 Å². The van der Waals surface area contributed by atoms with Crippen molar-refractivity contribution >= 4 is 5.91 Å². The maximum absolute atomic E-state index is 11.9. The number of rotatable bonds is 4. The Balaban J connectivity index is 1.76. The molecule has 4 nitrogen and oxygen atoms in total. The van der Waals surface area contributed by atoms with E-state index in [-0.39, 0.29) is 5.91 Å². The Labute approximate surface area is 114 Å². The summed E-state index contributed by atoms with van der Waals surface area (Å²) in [6, 6.07) is 7.78. The third-order valence-electron chi connectivity index (χ3n) is 3.38. The molecular formula is C15H21NO3. The number of carbonyl (C=O) groups is 1. The van der Waals surface area contributed by atoms with Gasteiger partial charge in [0.1, 0.15) is 5.75 Å². The van der Waals surface area contributed by atoms with Gasteiger partial charge in [0.25, 0.3) is 0 Å². The van der Waals surface area contributed by atoms with Crippen molar-refractivity contribution in [3.05, 3.63) is 29.8 Å². The lowest BCUT2D eigenvalue weighted by Crippen LogP contribution is -2.34. The third kappa shape index (κ3) is 3.96. The number of nitrogens with zero attached hydrogens (tertiary/aromatic N) is 1. The van der Waals surface area contributed by atoms with E-state index in [9.17, 15) is 9.90 Å². The molecule has 0 spiro atoms. The Morgan fingerprint density at radius 1 is 1.53 bits per heavy atom. The third-order valence-corrected chi connectivity index (χ3v) is 3.38. The minimum atomic E-state index is -0.729. The Morgan fingerprint density at radius 3 is 2.95 bits per heavy atom. The second kappa shape index (κ2) is 5.61. The average molecular weight is 263 g/mol. The van der Waals surface area contributed by atoms with Crippen LogP contribution < -0.4 is 4.74 Å². The van der Waals surface area contributed by atoms with E-state index >= 15 is 0 Å². The first-order valence-electron chi connectivity index (χ1n) is 6.66. The number of aryl methyl sites for hydroxylation is 1. The van der Waals surface area contributed by atoms with E-state index in [1.807, 2.05) is 31.2 Å². The van der Waals surface area contributed by atoms with Crippen molar-refractivity contribution in [1.29, 1.82) is 0 Å². The van der Waals surface area contributed by atoms with Gasteiger partial charge < -0.3 is 14.7 Å². The van der Waals surface area contributed by atoms with Gasteiger partial charge in [-0.05, 0) is 38.0 Å². The number of benzene rings is 1. The minimum absolute atomic E-state index is 0.0467. The van der Waals surface area contributed by atoms with Crippen LogP contribution >= 0.6 is 0 Å². The zero-order chi connectivity index (χ0) is 13.9. The zero-order valence-electron chi connectivity index (χ0n) is 11.6. The summed E-state index contributed by atoms with van der Waals surface area (Å²) in [5.41, 5.74) is 0.409. The van der Waals surface area contributed by atoms with E-state index in [0.29, 0.717) is 32.5 Å². The molecular weight excluding hydrogens is 242 g/mol. The SMILES string of the molecule is Cc1cccc(OCCC(=O)N2CCC(C)(O)C2)c1. The molecule has 1 aliphatic heterocycles. The molecule has 0 saturated carbocycles. The van der Waals surface area contributed by atoms with Crippen LogP contribution in [0.5, 0.6) is 5.75 Å². The molecule has 1 saturated heterocycles. The first-order chi connectivity index (χ1) is 8.96. The Bertz CT molecular complexity index is 456. The predicted molar refractivity (Wildman–Crippen MR) is 73.1 cm³/mol. The van der Waals surface area contributed by atoms with Gasteiger partial charge >= 0.3 is 0 Å². The van der Waals surface area contributed by atoms with Crippen LogP contribution in [0.1, 0.15) is 25.3 Å². The number of hydrogen-bond donors (Lipinski definition) is 1. The van der Waals surface area contributed by atoms with Crippen LogP contribution in [0, 0.1) is 6.92 Å². The molecule has 1 N–H and O–H groups in total. The Morgan fingerprint density at radius 2 is 2.32 bits per heavy atom. The first-order valence-corrected chi connectivity index (χ1v) is 6.66. The van der Waals surface area contributed by atoms with E-state index < -0.39 is 5.60 Å². The van der Waals surface area contributed by atoms with Crippen molar-refractivity contribution in [2.45, 2.75) is 32.3 Å². The van der Waals surface area contributed by atoms with Crippen LogP contribution in [0.3, 0.4) is 0 Å². The molecule has 1 fully saturated rings. The van der Waals surface area contributed by atoms with Gasteiger partial charge in [-0.1, -0.05) is 12.1 Å². The molecule has 1 unspecified atom stereocenters. The molecule has 1 aromatic rings. The molecule has 0 aliphatic carbocycles. The molecule has 0 aromatic heterocycles. The molecule has 2 rings (SSSR count). The summed E-state index contributed by atoms with van der Waals surface area (Å²) in [6.45, 7) is 5.21. The quantitative estimate of drug-likeness (QED) is 0.900. The van der Waals surface area contributed by atoms with Gasteiger partial charge in [0.2, 0.25) is 5.91 Å². The number of aliphatic hydroxyl groups is 1. The van der Waals surface area contributed by atoms with E-state index in [0.717, 1.165) is 11.3 Å². The highest BCUT2D eigenvalue weighted by Gasteiger charge is 2.33. The van der Waals surface area contributed by atoms with E-state index in [4.69, 9.17) is 4.74 Å². The summed E-state index contributed by atoms with van der Waals surface area (Å²) in [4.78, 5) is 13.6. The van der Waals surface area contributed by atoms with Crippen LogP contribution in [0.2, 0.25) is 0 Å². The highest BCUT2D eigenvalue weighted by Crippen LogP contribution is 2.21. The van der Waals surface area contributed by atoms with Crippen molar-refractivity contribution in [2.24, 2.45) is 0 Å². The second-order valence-corrected chi connectivity index (χ2v) is 5.48. The summed E-state index contributed by atoms with van der Waals surface area (Å²) in [5, 5.41) is 9.82. The van der Waals surface area contributed by atoms with Gasteiger partial charge in [-0.25, -0.2) is 0 Å². The van der Waals surface area contributed by atoms with Gasteiger partial charge in [0, 0.05) is 13.1 Å². The van der Waals surface area contributed by atoms with Gasteiger partial charge in [0.15, 0.2) is 0 Å². The molecule has 0 radical (unpaired) electrons. The van der Waals surface area contributed by atoms with E-state index in [1.165, 1.54) is 0 Å². The molecule has 1 aliphatic rings. The fourth-order valence-electron chi connectivity index (χ4n) is 2.28. The Kier molecular flexibility index (Phi) is 4.10. The monoisotopic (exact) mass is 263 g/mol. The zero-order valence-corrected chi connectivity index (χ0v) is 11.6. The minimum Gasteiger partial charge on any atom is -0.493 e. The standard InChI is InChI=1S/C15H21NO3/c1-12-4-3-5-13(10-12)19-9-6-14(17)16-8-7-15(2,18)11-16/h3-5,10,18H,6-9,11H2,1-2H3. The topological polar surface area (TPSA) is 49.8 Å². The van der Waals surface area contributed by atoms with Gasteiger partial charge in [0.05, 0.1) is 18.6 Å². The van der Waals surface area contributed by atoms with Crippen molar-refractivity contribution in [3.8, 4) is 5.75 Å². The van der Waals surface area contributed by atoms with Gasteiger partial charge in [-0.2, -0.15) is 0 Å². The highest BCUT2D eigenvalue weighted by atomic mass is 16.5. The lowest BCUT2D eigenvalue weighted by molar-refractivity contribution is -0.131. The summed E-state index contributed by atoms with van der Waals surface area (Å²) in [6.07, 6.45) is 1.00. The van der Waals surface area contributed by atoms with Crippen molar-refractivity contribution in [1.82, 2.24) is 4.90 Å². The highest BCUT2D eigenvalue weighted by molar-refractivity contribution is 5.76. The molecule has 1 heterocycles. The summed E-state index contributed by atoms with van der Waals surface area (Å²) in [7, 11) is 0. The number of likely N-dealkylation sites (tertiary alicyclic amines) is 1. The number of ether oxygens (including phenoxy) is 1. The normalized spacial score (nSPS) is 22.6. The van der Waals surface area contributed by atoms with Crippen LogP contribution in [0.15, 0.2) is 24.3 Å². The predicted octanol–water partition coefficient (Wildman–Crippen LogP) is 1.75. The summed E-state index contributed by atoms with van der Waals surface area (Å²) in [5.74, 6) is 0.839. The fraction of sp³-hybridized carbons (Fsp3) is 0.533. The summed E-state index contributed by atoms with van der Waals surface area (Å²) < 4.78 is 5.56. The molecule has 1 amide bonds. The fourth-order valence-corrected chi connectivity index (χ4v) is 2.28. The first kappa shape index (κ1) is 13.9. The number of amides is 1. The number of hydrogen-bond acceptors (Lipinski definition) is 3. The average Bonchev–Trinajstić information content (AvgIpc) is 2.70. The molecule has 1 atom stereocenters. The van der Waals surface area contributed by atoms with Gasteiger partial charge in [-0.15, -0.1) is 0 Å². The van der Waals surface area contributed by atoms with Crippen molar-refractivity contribution < 1.29 is 14.6 Å². The van der Waals surface area contributed by atoms with Crippen LogP contribution in [0.4, 0.5) is 0 Å². The Hall–Kier alpha value is -1.55. The van der Waals surface area contributed by atoms with Crippen molar-refractivity contribution in [2.75, 3.05) is 19.7 Å². The van der Waals surface area contributed by atoms with Crippen molar-refractivity contribution in [3.63, 3.8) is 0 Å². The van der Waals surface area contributed by atoms with E-state index in [2.05, 4.69) is 0 Å². The molecule has 19 heavy (non-hydrogen) atoms.